The number of halogens is 3. The van der Waals surface area contributed by atoms with Crippen molar-refractivity contribution >= 4 is 63.9 Å². The monoisotopic (exact) mass is 457 g/mol. The molecule has 6 nitrogen and oxygen atoms in total. The van der Waals surface area contributed by atoms with E-state index < -0.39 is 0 Å². The Bertz CT molecular complexity index is 943. The Morgan fingerprint density at radius 1 is 1.18 bits per heavy atom. The molecule has 146 valence electrons. The lowest BCUT2D eigenvalue weighted by Crippen LogP contribution is -2.19. The summed E-state index contributed by atoms with van der Waals surface area (Å²) in [5, 5.41) is 12.3. The summed E-state index contributed by atoms with van der Waals surface area (Å²) in [6, 6.07) is 8.52. The Labute approximate surface area is 180 Å². The van der Waals surface area contributed by atoms with Crippen molar-refractivity contribution < 1.29 is 14.3 Å². The summed E-state index contributed by atoms with van der Waals surface area (Å²) in [6.07, 6.45) is 1.55. The van der Waals surface area contributed by atoms with Gasteiger partial charge in [0, 0.05) is 10.6 Å². The van der Waals surface area contributed by atoms with E-state index in [4.69, 9.17) is 44.3 Å². The van der Waals surface area contributed by atoms with Crippen LogP contribution in [0.3, 0.4) is 0 Å². The smallest absolute Gasteiger partial charge is 0.236 e. The molecule has 0 saturated carbocycles. The predicted octanol–water partition coefficient (Wildman–Crippen LogP) is 4.79. The molecule has 0 spiro atoms. The molecule has 1 aliphatic heterocycles. The van der Waals surface area contributed by atoms with Crippen molar-refractivity contribution in [2.24, 2.45) is 10.2 Å². The maximum atomic E-state index is 11.1. The molecule has 28 heavy (non-hydrogen) atoms. The van der Waals surface area contributed by atoms with Gasteiger partial charge in [-0.1, -0.05) is 46.6 Å². The highest BCUT2D eigenvalue weighted by molar-refractivity contribution is 8.15. The van der Waals surface area contributed by atoms with Crippen LogP contribution in [0.1, 0.15) is 11.1 Å². The normalized spacial score (nSPS) is 15.3. The molecule has 10 heteroatoms. The molecular formula is C18H14Cl3N3O3S. The Balaban J connectivity index is 1.70. The Morgan fingerprint density at radius 3 is 2.57 bits per heavy atom. The van der Waals surface area contributed by atoms with E-state index in [0.717, 1.165) is 5.56 Å². The van der Waals surface area contributed by atoms with Gasteiger partial charge in [-0.15, -0.1) is 5.10 Å². The summed E-state index contributed by atoms with van der Waals surface area (Å²) in [7, 11) is 1.54. The van der Waals surface area contributed by atoms with Crippen molar-refractivity contribution in [3.05, 3.63) is 56.5 Å². The molecule has 1 saturated heterocycles. The topological polar surface area (TPSA) is 72.3 Å². The Hall–Kier alpha value is -1.93. The summed E-state index contributed by atoms with van der Waals surface area (Å²) in [4.78, 5) is 11.1. The summed E-state index contributed by atoms with van der Waals surface area (Å²) in [5.74, 6) is 1.31. The SMILES string of the molecule is COc1cc(C=NN=C2NC(=O)CS2)ccc1OCc1c(Cl)cc(Cl)cc1Cl. The molecule has 0 radical (unpaired) electrons. The third-order valence-corrected chi connectivity index (χ3v) is 5.36. The van der Waals surface area contributed by atoms with Crippen LogP contribution in [0.4, 0.5) is 0 Å². The molecule has 0 bridgehead atoms. The third kappa shape index (κ3) is 5.32. The largest absolute Gasteiger partial charge is 0.493 e. The van der Waals surface area contributed by atoms with Crippen LogP contribution < -0.4 is 14.8 Å². The molecule has 0 aromatic heterocycles. The van der Waals surface area contributed by atoms with E-state index in [0.29, 0.717) is 43.1 Å². The fourth-order valence-electron chi connectivity index (χ4n) is 2.27. The Morgan fingerprint density at radius 2 is 1.93 bits per heavy atom. The second kappa shape index (κ2) is 9.52. The first-order valence-electron chi connectivity index (χ1n) is 7.94. The van der Waals surface area contributed by atoms with Gasteiger partial charge in [-0.05, 0) is 35.9 Å². The number of hydrogen-bond donors (Lipinski definition) is 1. The lowest BCUT2D eigenvalue weighted by atomic mass is 10.2. The lowest BCUT2D eigenvalue weighted by molar-refractivity contribution is -0.116. The van der Waals surface area contributed by atoms with Crippen molar-refractivity contribution in [3.63, 3.8) is 0 Å². The summed E-state index contributed by atoms with van der Waals surface area (Å²) in [5.41, 5.74) is 1.39. The van der Waals surface area contributed by atoms with Crippen LogP contribution in [0.15, 0.2) is 40.5 Å². The van der Waals surface area contributed by atoms with Crippen LogP contribution in [0.25, 0.3) is 0 Å². The average molecular weight is 459 g/mol. The number of thioether (sulfide) groups is 1. The second-order valence-corrected chi connectivity index (χ2v) is 7.75. The number of nitrogens with one attached hydrogen (secondary N) is 1. The van der Waals surface area contributed by atoms with Gasteiger partial charge >= 0.3 is 0 Å². The first-order valence-corrected chi connectivity index (χ1v) is 10.1. The first-order chi connectivity index (χ1) is 13.5. The van der Waals surface area contributed by atoms with Crippen molar-refractivity contribution in [2.45, 2.75) is 6.61 Å². The van der Waals surface area contributed by atoms with Crippen molar-refractivity contribution in [1.82, 2.24) is 5.32 Å². The average Bonchev–Trinajstić information content (AvgIpc) is 3.06. The maximum Gasteiger partial charge on any atom is 0.236 e. The number of methoxy groups -OCH3 is 1. The molecule has 1 amide bonds. The number of amides is 1. The standard InChI is InChI=1S/C18H14Cl3N3O3S/c1-26-16-4-10(7-22-24-18-23-17(25)9-28-18)2-3-15(16)27-8-12-13(20)5-11(19)6-14(12)21/h2-7H,8-9H2,1H3,(H,23,24,25). The number of amidine groups is 1. The molecule has 0 unspecified atom stereocenters. The van der Waals surface area contributed by atoms with Crippen LogP contribution in [0, 0.1) is 0 Å². The van der Waals surface area contributed by atoms with Crippen molar-refractivity contribution in [3.8, 4) is 11.5 Å². The van der Waals surface area contributed by atoms with E-state index in [1.54, 1.807) is 36.5 Å². The van der Waals surface area contributed by atoms with E-state index in [9.17, 15) is 4.79 Å². The van der Waals surface area contributed by atoms with Crippen LogP contribution in [0.2, 0.25) is 15.1 Å². The number of ether oxygens (including phenoxy) is 2. The lowest BCUT2D eigenvalue weighted by Gasteiger charge is -2.13. The summed E-state index contributed by atoms with van der Waals surface area (Å²) >= 11 is 19.6. The summed E-state index contributed by atoms with van der Waals surface area (Å²) < 4.78 is 11.2. The number of rotatable bonds is 6. The highest BCUT2D eigenvalue weighted by atomic mass is 35.5. The molecule has 0 aliphatic carbocycles. The van der Waals surface area contributed by atoms with Gasteiger partial charge in [-0.2, -0.15) is 5.10 Å². The molecule has 3 rings (SSSR count). The zero-order chi connectivity index (χ0) is 20.1. The number of hydrogen-bond acceptors (Lipinski definition) is 6. The van der Waals surface area contributed by atoms with E-state index in [-0.39, 0.29) is 12.5 Å². The second-order valence-electron chi connectivity index (χ2n) is 5.53. The Kier molecular flexibility index (Phi) is 7.07. The van der Waals surface area contributed by atoms with Gasteiger partial charge in [-0.3, -0.25) is 4.79 Å². The third-order valence-electron chi connectivity index (χ3n) is 3.61. The quantitative estimate of drug-likeness (QED) is 0.499. The van der Waals surface area contributed by atoms with Crippen molar-refractivity contribution in [1.29, 1.82) is 0 Å². The zero-order valence-electron chi connectivity index (χ0n) is 14.5. The van der Waals surface area contributed by atoms with Crippen LogP contribution in [-0.2, 0) is 11.4 Å². The molecule has 1 aliphatic rings. The van der Waals surface area contributed by atoms with Gasteiger partial charge in [-0.25, -0.2) is 0 Å². The van der Waals surface area contributed by atoms with Crippen LogP contribution >= 0.6 is 46.6 Å². The molecule has 2 aromatic rings. The first kappa shape index (κ1) is 20.8. The van der Waals surface area contributed by atoms with Crippen LogP contribution in [-0.4, -0.2) is 30.2 Å². The van der Waals surface area contributed by atoms with Crippen LogP contribution in [0.5, 0.6) is 11.5 Å². The minimum absolute atomic E-state index is 0.0805. The van der Waals surface area contributed by atoms with E-state index in [2.05, 4.69) is 15.5 Å². The van der Waals surface area contributed by atoms with E-state index in [1.165, 1.54) is 18.9 Å². The predicted molar refractivity (Wildman–Crippen MR) is 114 cm³/mol. The minimum Gasteiger partial charge on any atom is -0.493 e. The molecule has 1 fully saturated rings. The van der Waals surface area contributed by atoms with E-state index >= 15 is 0 Å². The fraction of sp³-hybridized carbons (Fsp3) is 0.167. The molecule has 1 N–H and O–H groups in total. The van der Waals surface area contributed by atoms with Gasteiger partial charge < -0.3 is 14.8 Å². The van der Waals surface area contributed by atoms with E-state index in [1.807, 2.05) is 0 Å². The molecular weight excluding hydrogens is 445 g/mol. The fourth-order valence-corrected chi connectivity index (χ4v) is 3.83. The number of carbonyl (C=O) groups is 1. The van der Waals surface area contributed by atoms with Crippen molar-refractivity contribution in [2.75, 3.05) is 12.9 Å². The van der Waals surface area contributed by atoms with Gasteiger partial charge in [0.2, 0.25) is 5.91 Å². The number of carbonyl (C=O) groups excluding carboxylic acids is 1. The minimum atomic E-state index is -0.0805. The molecule has 2 aromatic carbocycles. The molecule has 0 atom stereocenters. The molecule has 1 heterocycles. The highest BCUT2D eigenvalue weighted by Gasteiger charge is 2.16. The summed E-state index contributed by atoms with van der Waals surface area (Å²) in [6.45, 7) is 0.156. The van der Waals surface area contributed by atoms with Gasteiger partial charge in [0.05, 0.1) is 29.1 Å². The van der Waals surface area contributed by atoms with Gasteiger partial charge in [0.25, 0.3) is 0 Å². The van der Waals surface area contributed by atoms with Gasteiger partial charge in [0.15, 0.2) is 16.7 Å². The zero-order valence-corrected chi connectivity index (χ0v) is 17.6. The van der Waals surface area contributed by atoms with Gasteiger partial charge in [0.1, 0.15) is 6.61 Å². The number of benzene rings is 2. The highest BCUT2D eigenvalue weighted by Crippen LogP contribution is 2.32. The number of nitrogens with zero attached hydrogens (tertiary/aromatic N) is 2. The maximum absolute atomic E-state index is 11.1.